The van der Waals surface area contributed by atoms with Crippen molar-refractivity contribution in [2.75, 3.05) is 39.3 Å². The van der Waals surface area contributed by atoms with Gasteiger partial charge in [-0.15, -0.1) is 0 Å². The first-order valence-corrected chi connectivity index (χ1v) is 9.98. The van der Waals surface area contributed by atoms with Gasteiger partial charge >= 0.3 is 6.18 Å². The first-order chi connectivity index (χ1) is 13.8. The Morgan fingerprint density at radius 3 is 2.66 bits per heavy atom. The Kier molecular flexibility index (Phi) is 7.14. The third-order valence-electron chi connectivity index (χ3n) is 3.91. The second-order valence-corrected chi connectivity index (χ2v) is 6.97. The zero-order chi connectivity index (χ0) is 20.9. The number of halogens is 3. The summed E-state index contributed by atoms with van der Waals surface area (Å²) in [7, 11) is 0. The number of thioether (sulfide) groups is 1. The second kappa shape index (κ2) is 9.59. The predicted molar refractivity (Wildman–Crippen MR) is 99.4 cm³/mol. The van der Waals surface area contributed by atoms with Gasteiger partial charge < -0.3 is 18.9 Å². The lowest BCUT2D eigenvalue weighted by Crippen LogP contribution is -2.33. The zero-order valence-corrected chi connectivity index (χ0v) is 16.7. The molecule has 0 saturated carbocycles. The maximum atomic E-state index is 12.3. The summed E-state index contributed by atoms with van der Waals surface area (Å²) in [6.45, 7) is 2.17. The van der Waals surface area contributed by atoms with Crippen LogP contribution in [0.3, 0.4) is 0 Å². The van der Waals surface area contributed by atoms with E-state index in [4.69, 9.17) is 18.9 Å². The normalized spacial score (nSPS) is 17.2. The standard InChI is InChI=1S/C18H20F3N3O4S/c1-11-5-15(28-10-18(19,20)21)22-7-13(11)14-6-16(24-17(23-14)29-2)27-9-12-8-25-3-4-26-12/h5-7,12H,3-4,8-10H2,1-2H3/t12-/m1/s1. The van der Waals surface area contributed by atoms with Crippen molar-refractivity contribution in [2.45, 2.75) is 24.4 Å². The fraction of sp³-hybridized carbons (Fsp3) is 0.500. The highest BCUT2D eigenvalue weighted by molar-refractivity contribution is 7.98. The zero-order valence-electron chi connectivity index (χ0n) is 15.9. The van der Waals surface area contributed by atoms with Crippen LogP contribution in [0, 0.1) is 6.92 Å². The average Bonchev–Trinajstić information content (AvgIpc) is 2.71. The van der Waals surface area contributed by atoms with E-state index in [-0.39, 0.29) is 18.6 Å². The number of alkyl halides is 3. The van der Waals surface area contributed by atoms with Gasteiger partial charge in [0.25, 0.3) is 0 Å². The Balaban J connectivity index is 1.76. The van der Waals surface area contributed by atoms with Gasteiger partial charge in [0.15, 0.2) is 11.8 Å². The van der Waals surface area contributed by atoms with E-state index in [0.29, 0.717) is 47.7 Å². The lowest BCUT2D eigenvalue weighted by atomic mass is 10.1. The summed E-state index contributed by atoms with van der Waals surface area (Å²) in [5.41, 5.74) is 1.86. The van der Waals surface area contributed by atoms with Crippen LogP contribution in [0.15, 0.2) is 23.5 Å². The number of aryl methyl sites for hydroxylation is 1. The van der Waals surface area contributed by atoms with Crippen LogP contribution in [0.25, 0.3) is 11.3 Å². The van der Waals surface area contributed by atoms with E-state index in [0.717, 1.165) is 0 Å². The number of pyridine rings is 1. The molecule has 158 valence electrons. The maximum absolute atomic E-state index is 12.3. The smallest absolute Gasteiger partial charge is 0.422 e. The number of aromatic nitrogens is 3. The van der Waals surface area contributed by atoms with Gasteiger partial charge in [0.2, 0.25) is 11.8 Å². The molecule has 0 aromatic carbocycles. The van der Waals surface area contributed by atoms with Gasteiger partial charge in [-0.1, -0.05) is 11.8 Å². The van der Waals surface area contributed by atoms with Crippen LogP contribution in [0.5, 0.6) is 11.8 Å². The number of ether oxygens (including phenoxy) is 4. The molecule has 0 bridgehead atoms. The van der Waals surface area contributed by atoms with Crippen LogP contribution < -0.4 is 9.47 Å². The minimum atomic E-state index is -4.42. The Morgan fingerprint density at radius 1 is 1.17 bits per heavy atom. The van der Waals surface area contributed by atoms with Gasteiger partial charge in [0.1, 0.15) is 12.7 Å². The lowest BCUT2D eigenvalue weighted by molar-refractivity contribution is -0.154. The predicted octanol–water partition coefficient (Wildman–Crippen LogP) is 3.30. The fourth-order valence-electron chi connectivity index (χ4n) is 2.55. The van der Waals surface area contributed by atoms with E-state index >= 15 is 0 Å². The lowest BCUT2D eigenvalue weighted by Gasteiger charge is -2.22. The van der Waals surface area contributed by atoms with Gasteiger partial charge in [-0.25, -0.2) is 9.97 Å². The van der Waals surface area contributed by atoms with Crippen LogP contribution in [0.4, 0.5) is 13.2 Å². The number of nitrogens with zero attached hydrogens (tertiary/aromatic N) is 3. The highest BCUT2D eigenvalue weighted by atomic mass is 32.2. The third-order valence-corrected chi connectivity index (χ3v) is 4.46. The molecule has 1 fully saturated rings. The van der Waals surface area contributed by atoms with Crippen LogP contribution >= 0.6 is 11.8 Å². The molecule has 0 aliphatic carbocycles. The first-order valence-electron chi connectivity index (χ1n) is 8.76. The molecule has 3 rings (SSSR count). The van der Waals surface area contributed by atoms with Crippen LogP contribution in [-0.4, -0.2) is 66.5 Å². The molecule has 2 aromatic rings. The topological polar surface area (TPSA) is 75.6 Å². The quantitative estimate of drug-likeness (QED) is 0.488. The van der Waals surface area contributed by atoms with Gasteiger partial charge in [-0.3, -0.25) is 0 Å². The highest BCUT2D eigenvalue weighted by Gasteiger charge is 2.28. The van der Waals surface area contributed by atoms with Crippen molar-refractivity contribution < 1.29 is 32.1 Å². The summed E-state index contributed by atoms with van der Waals surface area (Å²) >= 11 is 1.34. The Morgan fingerprint density at radius 2 is 2.00 bits per heavy atom. The molecule has 11 heteroatoms. The van der Waals surface area contributed by atoms with Crippen molar-refractivity contribution in [3.05, 3.63) is 23.9 Å². The molecule has 0 unspecified atom stereocenters. The number of hydrogen-bond acceptors (Lipinski definition) is 8. The van der Waals surface area contributed by atoms with E-state index < -0.39 is 12.8 Å². The molecule has 0 N–H and O–H groups in total. The van der Waals surface area contributed by atoms with E-state index in [9.17, 15) is 13.2 Å². The first kappa shape index (κ1) is 21.6. The third kappa shape index (κ3) is 6.44. The molecule has 1 saturated heterocycles. The molecule has 1 aliphatic heterocycles. The number of rotatable bonds is 7. The van der Waals surface area contributed by atoms with E-state index in [1.807, 2.05) is 6.26 Å². The van der Waals surface area contributed by atoms with Gasteiger partial charge in [0.05, 0.1) is 25.5 Å². The molecule has 0 amide bonds. The molecule has 1 atom stereocenters. The van der Waals surface area contributed by atoms with Crippen molar-refractivity contribution in [2.24, 2.45) is 0 Å². The number of hydrogen-bond donors (Lipinski definition) is 0. The molecule has 0 spiro atoms. The van der Waals surface area contributed by atoms with E-state index in [1.54, 1.807) is 13.0 Å². The van der Waals surface area contributed by atoms with Crippen LogP contribution in [0.2, 0.25) is 0 Å². The SMILES string of the molecule is CSc1nc(OC[C@H]2COCCO2)cc(-c2cnc(OCC(F)(F)F)cc2C)n1. The van der Waals surface area contributed by atoms with Crippen LogP contribution in [0.1, 0.15) is 5.56 Å². The largest absolute Gasteiger partial charge is 0.475 e. The summed E-state index contributed by atoms with van der Waals surface area (Å²) < 4.78 is 58.3. The molecular formula is C18H20F3N3O4S. The summed E-state index contributed by atoms with van der Waals surface area (Å²) in [4.78, 5) is 12.7. The maximum Gasteiger partial charge on any atom is 0.422 e. The van der Waals surface area contributed by atoms with Crippen LogP contribution in [-0.2, 0) is 9.47 Å². The van der Waals surface area contributed by atoms with Crippen molar-refractivity contribution in [1.82, 2.24) is 15.0 Å². The Hall–Kier alpha value is -2.11. The van der Waals surface area contributed by atoms with Gasteiger partial charge in [-0.2, -0.15) is 18.2 Å². The van der Waals surface area contributed by atoms with Crippen molar-refractivity contribution in [3.8, 4) is 23.0 Å². The Bertz CT molecular complexity index is 832. The average molecular weight is 431 g/mol. The molecule has 3 heterocycles. The molecule has 0 radical (unpaired) electrons. The summed E-state index contributed by atoms with van der Waals surface area (Å²) in [6.07, 6.45) is -1.34. The molecule has 7 nitrogen and oxygen atoms in total. The van der Waals surface area contributed by atoms with Gasteiger partial charge in [-0.05, 0) is 18.7 Å². The summed E-state index contributed by atoms with van der Waals surface area (Å²) in [5.74, 6) is 0.263. The van der Waals surface area contributed by atoms with Crippen molar-refractivity contribution >= 4 is 11.8 Å². The van der Waals surface area contributed by atoms with E-state index in [2.05, 4.69) is 15.0 Å². The molecular weight excluding hydrogens is 411 g/mol. The highest BCUT2D eigenvalue weighted by Crippen LogP contribution is 2.28. The molecule has 29 heavy (non-hydrogen) atoms. The minimum Gasteiger partial charge on any atom is -0.475 e. The fourth-order valence-corrected chi connectivity index (χ4v) is 2.92. The van der Waals surface area contributed by atoms with Gasteiger partial charge in [0, 0.05) is 23.9 Å². The molecule has 1 aliphatic rings. The van der Waals surface area contributed by atoms with Crippen molar-refractivity contribution in [3.63, 3.8) is 0 Å². The summed E-state index contributed by atoms with van der Waals surface area (Å²) in [6, 6.07) is 3.10. The van der Waals surface area contributed by atoms with Crippen molar-refractivity contribution in [1.29, 1.82) is 0 Å². The molecule has 2 aromatic heterocycles. The summed E-state index contributed by atoms with van der Waals surface area (Å²) in [5, 5.41) is 0.495. The minimum absolute atomic E-state index is 0.103. The monoisotopic (exact) mass is 431 g/mol. The second-order valence-electron chi connectivity index (χ2n) is 6.20. The Labute approximate surface area is 169 Å². The van der Waals surface area contributed by atoms with E-state index in [1.165, 1.54) is 24.0 Å².